The SMILES string of the molecule is CC(Oc1ccc(CN)cc1)c1ccncc1. The Labute approximate surface area is 101 Å². The van der Waals surface area contributed by atoms with E-state index in [1.807, 2.05) is 43.3 Å². The van der Waals surface area contributed by atoms with Crippen LogP contribution in [0.4, 0.5) is 0 Å². The predicted molar refractivity (Wildman–Crippen MR) is 67.6 cm³/mol. The van der Waals surface area contributed by atoms with E-state index in [2.05, 4.69) is 4.98 Å². The van der Waals surface area contributed by atoms with Gasteiger partial charge in [0.15, 0.2) is 0 Å². The molecule has 1 heterocycles. The lowest BCUT2D eigenvalue weighted by Gasteiger charge is -2.15. The van der Waals surface area contributed by atoms with Gasteiger partial charge in [-0.15, -0.1) is 0 Å². The molecule has 0 saturated heterocycles. The molecule has 0 aliphatic heterocycles. The second kappa shape index (κ2) is 5.46. The zero-order valence-electron chi connectivity index (χ0n) is 9.84. The number of pyridine rings is 1. The van der Waals surface area contributed by atoms with Gasteiger partial charge in [-0.3, -0.25) is 4.98 Å². The van der Waals surface area contributed by atoms with Crippen LogP contribution in [0.3, 0.4) is 0 Å². The minimum atomic E-state index is 0.0155. The normalized spacial score (nSPS) is 12.1. The van der Waals surface area contributed by atoms with Gasteiger partial charge < -0.3 is 10.5 Å². The molecule has 2 rings (SSSR count). The molecular weight excluding hydrogens is 212 g/mol. The Balaban J connectivity index is 2.05. The van der Waals surface area contributed by atoms with Gasteiger partial charge in [0, 0.05) is 18.9 Å². The number of benzene rings is 1. The van der Waals surface area contributed by atoms with Crippen LogP contribution in [0.1, 0.15) is 24.2 Å². The van der Waals surface area contributed by atoms with E-state index in [-0.39, 0.29) is 6.10 Å². The number of nitrogens with two attached hydrogens (primary N) is 1. The smallest absolute Gasteiger partial charge is 0.121 e. The summed E-state index contributed by atoms with van der Waals surface area (Å²) in [5.74, 6) is 0.853. The highest BCUT2D eigenvalue weighted by atomic mass is 16.5. The standard InChI is InChI=1S/C14H16N2O/c1-11(13-6-8-16-9-7-13)17-14-4-2-12(10-15)3-5-14/h2-9,11H,10,15H2,1H3. The van der Waals surface area contributed by atoms with E-state index in [0.29, 0.717) is 6.54 Å². The van der Waals surface area contributed by atoms with Crippen molar-refractivity contribution in [3.05, 3.63) is 59.9 Å². The van der Waals surface area contributed by atoms with E-state index in [9.17, 15) is 0 Å². The molecule has 2 N–H and O–H groups in total. The van der Waals surface area contributed by atoms with Crippen LogP contribution in [0.15, 0.2) is 48.8 Å². The van der Waals surface area contributed by atoms with Gasteiger partial charge in [0.2, 0.25) is 0 Å². The van der Waals surface area contributed by atoms with Crippen molar-refractivity contribution in [3.8, 4) is 5.75 Å². The Hall–Kier alpha value is -1.87. The summed E-state index contributed by atoms with van der Waals surface area (Å²) < 4.78 is 5.83. The second-order valence-electron chi connectivity index (χ2n) is 3.89. The quantitative estimate of drug-likeness (QED) is 0.875. The average Bonchev–Trinajstić information content (AvgIpc) is 2.40. The van der Waals surface area contributed by atoms with Gasteiger partial charge in [-0.2, -0.15) is 0 Å². The Morgan fingerprint density at radius 1 is 1.12 bits per heavy atom. The molecule has 0 radical (unpaired) electrons. The van der Waals surface area contributed by atoms with E-state index in [1.54, 1.807) is 12.4 Å². The van der Waals surface area contributed by atoms with Crippen molar-refractivity contribution in [1.29, 1.82) is 0 Å². The molecule has 1 aromatic heterocycles. The Morgan fingerprint density at radius 3 is 2.35 bits per heavy atom. The highest BCUT2D eigenvalue weighted by Crippen LogP contribution is 2.21. The average molecular weight is 228 g/mol. The first-order valence-corrected chi connectivity index (χ1v) is 5.65. The maximum Gasteiger partial charge on any atom is 0.121 e. The van der Waals surface area contributed by atoms with Crippen molar-refractivity contribution in [3.63, 3.8) is 0 Å². The van der Waals surface area contributed by atoms with E-state index in [1.165, 1.54) is 0 Å². The van der Waals surface area contributed by atoms with Crippen molar-refractivity contribution < 1.29 is 4.74 Å². The summed E-state index contributed by atoms with van der Waals surface area (Å²) in [7, 11) is 0. The summed E-state index contributed by atoms with van der Waals surface area (Å²) in [5, 5.41) is 0. The van der Waals surface area contributed by atoms with E-state index in [0.717, 1.165) is 16.9 Å². The molecule has 88 valence electrons. The molecule has 0 aliphatic carbocycles. The maximum absolute atomic E-state index is 5.83. The summed E-state index contributed by atoms with van der Waals surface area (Å²) in [4.78, 5) is 3.99. The minimum absolute atomic E-state index is 0.0155. The molecule has 0 spiro atoms. The van der Waals surface area contributed by atoms with Gasteiger partial charge in [0.1, 0.15) is 11.9 Å². The maximum atomic E-state index is 5.83. The van der Waals surface area contributed by atoms with Gasteiger partial charge in [-0.1, -0.05) is 12.1 Å². The first-order chi connectivity index (χ1) is 8.29. The monoisotopic (exact) mass is 228 g/mol. The van der Waals surface area contributed by atoms with Gasteiger partial charge >= 0.3 is 0 Å². The number of aromatic nitrogens is 1. The lowest BCUT2D eigenvalue weighted by Crippen LogP contribution is -2.03. The zero-order chi connectivity index (χ0) is 12.1. The third-order valence-electron chi connectivity index (χ3n) is 2.65. The lowest BCUT2D eigenvalue weighted by molar-refractivity contribution is 0.227. The first kappa shape index (κ1) is 11.6. The summed E-state index contributed by atoms with van der Waals surface area (Å²) in [6.07, 6.45) is 3.56. The van der Waals surface area contributed by atoms with E-state index >= 15 is 0 Å². The van der Waals surface area contributed by atoms with Crippen molar-refractivity contribution >= 4 is 0 Å². The summed E-state index contributed by atoms with van der Waals surface area (Å²) in [6, 6.07) is 11.8. The second-order valence-corrected chi connectivity index (χ2v) is 3.89. The molecule has 3 nitrogen and oxygen atoms in total. The van der Waals surface area contributed by atoms with Gasteiger partial charge in [0.05, 0.1) is 0 Å². The number of hydrogen-bond donors (Lipinski definition) is 1. The number of ether oxygens (including phenoxy) is 1. The fourth-order valence-corrected chi connectivity index (χ4v) is 1.61. The van der Waals surface area contributed by atoms with Gasteiger partial charge in [-0.05, 0) is 42.3 Å². The summed E-state index contributed by atoms with van der Waals surface area (Å²) in [6.45, 7) is 2.58. The molecule has 1 aromatic carbocycles. The fraction of sp³-hybridized carbons (Fsp3) is 0.214. The van der Waals surface area contributed by atoms with Crippen LogP contribution in [0.25, 0.3) is 0 Å². The van der Waals surface area contributed by atoms with Crippen LogP contribution in [-0.4, -0.2) is 4.98 Å². The zero-order valence-corrected chi connectivity index (χ0v) is 9.84. The number of nitrogens with zero attached hydrogens (tertiary/aromatic N) is 1. The van der Waals surface area contributed by atoms with Crippen molar-refractivity contribution in [2.24, 2.45) is 5.73 Å². The molecule has 1 atom stereocenters. The predicted octanol–water partition coefficient (Wildman–Crippen LogP) is 2.68. The molecule has 0 aliphatic rings. The van der Waals surface area contributed by atoms with E-state index in [4.69, 9.17) is 10.5 Å². The molecule has 0 saturated carbocycles. The molecular formula is C14H16N2O. The van der Waals surface area contributed by atoms with Crippen molar-refractivity contribution in [1.82, 2.24) is 4.98 Å². The van der Waals surface area contributed by atoms with Crippen LogP contribution < -0.4 is 10.5 Å². The van der Waals surface area contributed by atoms with E-state index < -0.39 is 0 Å². The fourth-order valence-electron chi connectivity index (χ4n) is 1.61. The van der Waals surface area contributed by atoms with Gasteiger partial charge in [-0.25, -0.2) is 0 Å². The van der Waals surface area contributed by atoms with Crippen LogP contribution in [0.2, 0.25) is 0 Å². The highest BCUT2D eigenvalue weighted by Gasteiger charge is 2.06. The summed E-state index contributed by atoms with van der Waals surface area (Å²) >= 11 is 0. The molecule has 2 aromatic rings. The molecule has 1 unspecified atom stereocenters. The molecule has 17 heavy (non-hydrogen) atoms. The van der Waals surface area contributed by atoms with Crippen molar-refractivity contribution in [2.45, 2.75) is 19.6 Å². The number of rotatable bonds is 4. The lowest BCUT2D eigenvalue weighted by atomic mass is 10.1. The molecule has 0 bridgehead atoms. The van der Waals surface area contributed by atoms with Crippen LogP contribution >= 0.6 is 0 Å². The van der Waals surface area contributed by atoms with Crippen LogP contribution in [-0.2, 0) is 6.54 Å². The van der Waals surface area contributed by atoms with Gasteiger partial charge in [0.25, 0.3) is 0 Å². The first-order valence-electron chi connectivity index (χ1n) is 5.65. The number of hydrogen-bond acceptors (Lipinski definition) is 3. The largest absolute Gasteiger partial charge is 0.486 e. The Bertz CT molecular complexity index is 453. The molecule has 3 heteroatoms. The Kier molecular flexibility index (Phi) is 3.73. The third-order valence-corrected chi connectivity index (χ3v) is 2.65. The molecule has 0 amide bonds. The van der Waals surface area contributed by atoms with Crippen LogP contribution in [0, 0.1) is 0 Å². The highest BCUT2D eigenvalue weighted by molar-refractivity contribution is 5.28. The minimum Gasteiger partial charge on any atom is -0.486 e. The third kappa shape index (κ3) is 3.04. The van der Waals surface area contributed by atoms with Crippen molar-refractivity contribution in [2.75, 3.05) is 0 Å². The Morgan fingerprint density at radius 2 is 1.76 bits per heavy atom. The van der Waals surface area contributed by atoms with Crippen LogP contribution in [0.5, 0.6) is 5.75 Å². The summed E-state index contributed by atoms with van der Waals surface area (Å²) in [5.41, 5.74) is 7.76. The topological polar surface area (TPSA) is 48.1 Å². The molecule has 0 fully saturated rings.